The first kappa shape index (κ1) is 13.4. The maximum atomic E-state index is 10.6. The molecule has 0 unspecified atom stereocenters. The van der Waals surface area contributed by atoms with E-state index in [1.165, 1.54) is 0 Å². The normalized spacial score (nSPS) is 9.81. The van der Waals surface area contributed by atoms with Crippen LogP contribution in [0.4, 0.5) is 0 Å². The van der Waals surface area contributed by atoms with Gasteiger partial charge in [0.25, 0.3) is 0 Å². The molecule has 2 aromatic rings. The molecule has 0 aliphatic carbocycles. The SMILES string of the molecule is CCOc1ccc2nc(C(=O)[O-])sc2c1.[Na+]. The molecule has 0 aliphatic heterocycles. The van der Waals surface area contributed by atoms with Crippen molar-refractivity contribution in [1.29, 1.82) is 0 Å². The zero-order chi connectivity index (χ0) is 10.8. The minimum atomic E-state index is -1.24. The largest absolute Gasteiger partial charge is 1.00 e. The van der Waals surface area contributed by atoms with E-state index in [2.05, 4.69) is 4.98 Å². The van der Waals surface area contributed by atoms with Crippen molar-refractivity contribution in [2.75, 3.05) is 6.61 Å². The summed E-state index contributed by atoms with van der Waals surface area (Å²) in [4.78, 5) is 14.5. The van der Waals surface area contributed by atoms with Crippen molar-refractivity contribution in [3.8, 4) is 5.75 Å². The van der Waals surface area contributed by atoms with Gasteiger partial charge >= 0.3 is 29.6 Å². The topological polar surface area (TPSA) is 62.2 Å². The molecule has 78 valence electrons. The third kappa shape index (κ3) is 2.74. The van der Waals surface area contributed by atoms with Gasteiger partial charge in [0, 0.05) is 0 Å². The van der Waals surface area contributed by atoms with Crippen molar-refractivity contribution in [2.45, 2.75) is 6.92 Å². The Morgan fingerprint density at radius 2 is 2.31 bits per heavy atom. The van der Waals surface area contributed by atoms with Crippen LogP contribution < -0.4 is 39.4 Å². The summed E-state index contributed by atoms with van der Waals surface area (Å²) < 4.78 is 6.09. The molecule has 2 rings (SSSR count). The molecule has 6 heteroatoms. The molecule has 1 aromatic carbocycles. The van der Waals surface area contributed by atoms with E-state index >= 15 is 0 Å². The number of ether oxygens (including phenoxy) is 1. The summed E-state index contributed by atoms with van der Waals surface area (Å²) in [5, 5.41) is 10.6. The number of aromatic carboxylic acids is 1. The fraction of sp³-hybridized carbons (Fsp3) is 0.200. The van der Waals surface area contributed by atoms with Crippen molar-refractivity contribution in [3.05, 3.63) is 23.2 Å². The van der Waals surface area contributed by atoms with Crippen LogP contribution in [0.15, 0.2) is 18.2 Å². The smallest absolute Gasteiger partial charge is 0.542 e. The van der Waals surface area contributed by atoms with Crippen LogP contribution in [0, 0.1) is 0 Å². The van der Waals surface area contributed by atoms with Gasteiger partial charge in [0.05, 0.1) is 16.8 Å². The van der Waals surface area contributed by atoms with Crippen LogP contribution >= 0.6 is 11.3 Å². The maximum absolute atomic E-state index is 10.6. The van der Waals surface area contributed by atoms with Crippen molar-refractivity contribution < 1.29 is 44.2 Å². The fourth-order valence-electron chi connectivity index (χ4n) is 1.25. The molecule has 0 bridgehead atoms. The summed E-state index contributed by atoms with van der Waals surface area (Å²) in [6.07, 6.45) is 0. The molecule has 0 saturated heterocycles. The Labute approximate surface area is 119 Å². The van der Waals surface area contributed by atoms with Gasteiger partial charge in [0.1, 0.15) is 16.7 Å². The van der Waals surface area contributed by atoms with E-state index < -0.39 is 5.97 Å². The number of carboxylic acid groups (broad SMARTS) is 1. The van der Waals surface area contributed by atoms with Crippen molar-refractivity contribution in [2.24, 2.45) is 0 Å². The van der Waals surface area contributed by atoms with Gasteiger partial charge in [-0.2, -0.15) is 0 Å². The van der Waals surface area contributed by atoms with Crippen LogP contribution in [0.1, 0.15) is 16.7 Å². The first-order valence-corrected chi connectivity index (χ1v) is 5.27. The number of aromatic nitrogens is 1. The van der Waals surface area contributed by atoms with Crippen LogP contribution in [0.25, 0.3) is 10.2 Å². The van der Waals surface area contributed by atoms with Crippen molar-refractivity contribution in [3.63, 3.8) is 0 Å². The van der Waals surface area contributed by atoms with E-state index in [9.17, 15) is 9.90 Å². The first-order valence-electron chi connectivity index (χ1n) is 4.45. The van der Waals surface area contributed by atoms with Crippen LogP contribution in [-0.2, 0) is 0 Å². The van der Waals surface area contributed by atoms with E-state index in [-0.39, 0.29) is 34.6 Å². The molecule has 0 spiro atoms. The van der Waals surface area contributed by atoms with E-state index in [0.29, 0.717) is 12.1 Å². The summed E-state index contributed by atoms with van der Waals surface area (Å²) in [6.45, 7) is 2.47. The summed E-state index contributed by atoms with van der Waals surface area (Å²) >= 11 is 1.09. The number of rotatable bonds is 3. The molecule has 1 aromatic heterocycles. The van der Waals surface area contributed by atoms with Gasteiger partial charge in [-0.05, 0) is 25.1 Å². The number of thiazole rings is 1. The molecule has 0 N–H and O–H groups in total. The zero-order valence-electron chi connectivity index (χ0n) is 9.02. The van der Waals surface area contributed by atoms with E-state index in [0.717, 1.165) is 21.8 Å². The molecular formula is C10H8NNaO3S. The predicted molar refractivity (Wildman–Crippen MR) is 55.1 cm³/mol. The van der Waals surface area contributed by atoms with Crippen LogP contribution in [0.5, 0.6) is 5.75 Å². The number of carbonyl (C=O) groups is 1. The number of hydrogen-bond acceptors (Lipinski definition) is 5. The van der Waals surface area contributed by atoms with Gasteiger partial charge in [-0.25, -0.2) is 4.98 Å². The third-order valence-electron chi connectivity index (χ3n) is 1.85. The molecule has 0 radical (unpaired) electrons. The molecule has 0 fully saturated rings. The van der Waals surface area contributed by atoms with Crippen molar-refractivity contribution in [1.82, 2.24) is 4.98 Å². The van der Waals surface area contributed by atoms with Crippen LogP contribution in [-0.4, -0.2) is 17.6 Å². The summed E-state index contributed by atoms with van der Waals surface area (Å²) in [5.74, 6) is -0.521. The minimum absolute atomic E-state index is 0. The summed E-state index contributed by atoms with van der Waals surface area (Å²) in [6, 6.07) is 5.29. The molecule has 0 saturated carbocycles. The Morgan fingerprint density at radius 1 is 1.56 bits per heavy atom. The van der Waals surface area contributed by atoms with Gasteiger partial charge in [0.15, 0.2) is 0 Å². The number of hydrogen-bond donors (Lipinski definition) is 0. The van der Waals surface area contributed by atoms with E-state index in [4.69, 9.17) is 4.74 Å². The molecule has 0 atom stereocenters. The summed E-state index contributed by atoms with van der Waals surface area (Å²) in [7, 11) is 0. The fourth-order valence-corrected chi connectivity index (χ4v) is 2.08. The molecule has 0 aliphatic rings. The average Bonchev–Trinajstić information content (AvgIpc) is 2.61. The Kier molecular flexibility index (Phi) is 4.73. The number of nitrogens with zero attached hydrogens (tertiary/aromatic N) is 1. The van der Waals surface area contributed by atoms with Gasteiger partial charge in [-0.15, -0.1) is 11.3 Å². The van der Waals surface area contributed by atoms with Gasteiger partial charge in [-0.3, -0.25) is 0 Å². The van der Waals surface area contributed by atoms with Crippen molar-refractivity contribution >= 4 is 27.5 Å². The second kappa shape index (κ2) is 5.63. The molecule has 0 amide bonds. The molecular weight excluding hydrogens is 237 g/mol. The maximum Gasteiger partial charge on any atom is 1.00 e. The standard InChI is InChI=1S/C10H9NO3S.Na/c1-2-14-6-3-4-7-8(5-6)15-9(11-7)10(12)13;/h3-5H,2H2,1H3,(H,12,13);/q;+1/p-1. The Morgan fingerprint density at radius 3 is 2.94 bits per heavy atom. The van der Waals surface area contributed by atoms with Gasteiger partial charge in [-0.1, -0.05) is 0 Å². The molecule has 1 heterocycles. The van der Waals surface area contributed by atoms with E-state index in [1.807, 2.05) is 6.92 Å². The van der Waals surface area contributed by atoms with Crippen LogP contribution in [0.2, 0.25) is 0 Å². The Hall–Kier alpha value is -0.620. The van der Waals surface area contributed by atoms with Gasteiger partial charge < -0.3 is 14.6 Å². The zero-order valence-corrected chi connectivity index (χ0v) is 11.8. The first-order chi connectivity index (χ1) is 7.20. The third-order valence-corrected chi connectivity index (χ3v) is 2.84. The van der Waals surface area contributed by atoms with Crippen LogP contribution in [0.3, 0.4) is 0 Å². The molecule has 4 nitrogen and oxygen atoms in total. The quantitative estimate of drug-likeness (QED) is 0.590. The second-order valence-electron chi connectivity index (χ2n) is 2.87. The van der Waals surface area contributed by atoms with Gasteiger partial charge in [0.2, 0.25) is 0 Å². The second-order valence-corrected chi connectivity index (χ2v) is 3.90. The predicted octanol–water partition coefficient (Wildman–Crippen LogP) is -1.94. The summed E-state index contributed by atoms with van der Waals surface area (Å²) in [5.41, 5.74) is 0.655. The number of carboxylic acids is 1. The van der Waals surface area contributed by atoms with E-state index in [1.54, 1.807) is 18.2 Å². The number of benzene rings is 1. The monoisotopic (exact) mass is 245 g/mol. The minimum Gasteiger partial charge on any atom is -0.542 e. The Balaban J connectivity index is 0.00000128. The average molecular weight is 245 g/mol. The number of carbonyl (C=O) groups excluding carboxylic acids is 1. The molecule has 16 heavy (non-hydrogen) atoms. The Bertz CT molecular complexity index is 512. The number of fused-ring (bicyclic) bond motifs is 1.